The van der Waals surface area contributed by atoms with E-state index >= 15 is 0 Å². The zero-order valence-electron chi connectivity index (χ0n) is 11.8. The number of carbonyl (C=O) groups is 1. The molecule has 3 rings (SSSR count). The summed E-state index contributed by atoms with van der Waals surface area (Å²) in [4.78, 5) is 14.5. The quantitative estimate of drug-likeness (QED) is 0.840. The van der Waals surface area contributed by atoms with Crippen LogP contribution >= 0.6 is 0 Å². The molecule has 2 aliphatic rings. The average Bonchev–Trinajstić information content (AvgIpc) is 2.39. The summed E-state index contributed by atoms with van der Waals surface area (Å²) < 4.78 is 0. The molecule has 1 amide bonds. The van der Waals surface area contributed by atoms with E-state index in [0.717, 1.165) is 31.6 Å². The zero-order valence-corrected chi connectivity index (χ0v) is 11.8. The first-order valence-electron chi connectivity index (χ1n) is 7.24. The van der Waals surface area contributed by atoms with Crippen molar-refractivity contribution in [3.8, 4) is 0 Å². The zero-order chi connectivity index (χ0) is 13.5. The van der Waals surface area contributed by atoms with Gasteiger partial charge in [-0.3, -0.25) is 4.79 Å². The Kier molecular flexibility index (Phi) is 3.09. The molecule has 0 radical (unpaired) electrons. The van der Waals surface area contributed by atoms with Gasteiger partial charge in [0.2, 0.25) is 5.91 Å². The molecule has 102 valence electrons. The molecule has 2 heterocycles. The molecule has 0 unspecified atom stereocenters. The number of piperidine rings is 1. The Balaban J connectivity index is 1.91. The largest absolute Gasteiger partial charge is 0.326 e. The predicted octanol–water partition coefficient (Wildman–Crippen LogP) is 2.77. The Bertz CT molecular complexity index is 487. The average molecular weight is 258 g/mol. The van der Waals surface area contributed by atoms with Gasteiger partial charge in [-0.05, 0) is 51.4 Å². The van der Waals surface area contributed by atoms with Crippen molar-refractivity contribution in [1.82, 2.24) is 4.90 Å². The van der Waals surface area contributed by atoms with Gasteiger partial charge < -0.3 is 10.2 Å². The van der Waals surface area contributed by atoms with Crippen LogP contribution in [0, 0.1) is 0 Å². The highest BCUT2D eigenvalue weighted by molar-refractivity contribution is 5.95. The molecule has 19 heavy (non-hydrogen) atoms. The Morgan fingerprint density at radius 1 is 1.21 bits per heavy atom. The number of carbonyl (C=O) groups excluding carboxylic acids is 1. The Hall–Kier alpha value is -1.35. The highest BCUT2D eigenvalue weighted by atomic mass is 16.1. The fourth-order valence-electron chi connectivity index (χ4n) is 3.57. The van der Waals surface area contributed by atoms with Crippen LogP contribution in [0.2, 0.25) is 0 Å². The van der Waals surface area contributed by atoms with Crippen molar-refractivity contribution in [2.75, 3.05) is 18.4 Å². The first kappa shape index (κ1) is 12.7. The van der Waals surface area contributed by atoms with Gasteiger partial charge in [-0.1, -0.05) is 18.2 Å². The van der Waals surface area contributed by atoms with Crippen LogP contribution in [-0.4, -0.2) is 29.9 Å². The van der Waals surface area contributed by atoms with E-state index in [1.54, 1.807) is 0 Å². The number of hydrogen-bond donors (Lipinski definition) is 1. The molecule has 0 aliphatic carbocycles. The third-order valence-electron chi connectivity index (χ3n) is 4.76. The lowest BCUT2D eigenvalue weighted by Gasteiger charge is -2.45. The molecule has 0 aromatic heterocycles. The van der Waals surface area contributed by atoms with Gasteiger partial charge in [0.15, 0.2) is 0 Å². The van der Waals surface area contributed by atoms with E-state index in [9.17, 15) is 4.79 Å². The number of hydrogen-bond acceptors (Lipinski definition) is 2. The normalized spacial score (nSPS) is 22.4. The van der Waals surface area contributed by atoms with Gasteiger partial charge in [0.25, 0.3) is 0 Å². The van der Waals surface area contributed by atoms with Crippen LogP contribution in [0.4, 0.5) is 5.69 Å². The first-order chi connectivity index (χ1) is 9.11. The molecule has 3 nitrogen and oxygen atoms in total. The van der Waals surface area contributed by atoms with E-state index in [1.165, 1.54) is 5.56 Å². The van der Waals surface area contributed by atoms with Gasteiger partial charge in [-0.2, -0.15) is 0 Å². The van der Waals surface area contributed by atoms with Crippen molar-refractivity contribution in [2.45, 2.75) is 44.6 Å². The van der Waals surface area contributed by atoms with Gasteiger partial charge in [0.1, 0.15) is 0 Å². The van der Waals surface area contributed by atoms with E-state index in [4.69, 9.17) is 0 Å². The summed E-state index contributed by atoms with van der Waals surface area (Å²) in [6.45, 7) is 6.69. The fraction of sp³-hybridized carbons (Fsp3) is 0.562. The number of rotatable bonds is 1. The van der Waals surface area contributed by atoms with Gasteiger partial charge in [-0.15, -0.1) is 0 Å². The summed E-state index contributed by atoms with van der Waals surface area (Å²) in [5.74, 6) is 0.177. The van der Waals surface area contributed by atoms with E-state index in [-0.39, 0.29) is 11.3 Å². The van der Waals surface area contributed by atoms with Gasteiger partial charge in [0, 0.05) is 23.6 Å². The highest BCUT2D eigenvalue weighted by Crippen LogP contribution is 2.44. The first-order valence-corrected chi connectivity index (χ1v) is 7.24. The van der Waals surface area contributed by atoms with E-state index in [2.05, 4.69) is 36.2 Å². The number of nitrogens with one attached hydrogen (secondary N) is 1. The number of anilines is 1. The van der Waals surface area contributed by atoms with Crippen LogP contribution < -0.4 is 5.32 Å². The summed E-state index contributed by atoms with van der Waals surface area (Å²) in [6.07, 6.45) is 2.83. The SMILES string of the molecule is CC(C)N1CCC2(CC1)CC(=O)Nc1ccccc12. The van der Waals surface area contributed by atoms with Crippen LogP contribution in [0.5, 0.6) is 0 Å². The number of amides is 1. The number of nitrogens with zero attached hydrogens (tertiary/aromatic N) is 1. The molecule has 0 atom stereocenters. The van der Waals surface area contributed by atoms with E-state index < -0.39 is 0 Å². The maximum atomic E-state index is 12.0. The lowest BCUT2D eigenvalue weighted by Crippen LogP contribution is -2.48. The Labute approximate surface area is 115 Å². The van der Waals surface area contributed by atoms with Crippen LogP contribution in [-0.2, 0) is 10.2 Å². The molecule has 1 saturated heterocycles. The van der Waals surface area contributed by atoms with Crippen molar-refractivity contribution < 1.29 is 4.79 Å². The topological polar surface area (TPSA) is 32.3 Å². The number of fused-ring (bicyclic) bond motifs is 2. The Morgan fingerprint density at radius 2 is 1.89 bits per heavy atom. The molecule has 1 fully saturated rings. The van der Waals surface area contributed by atoms with Crippen molar-refractivity contribution in [2.24, 2.45) is 0 Å². The molecule has 1 spiro atoms. The summed E-state index contributed by atoms with van der Waals surface area (Å²) in [5.41, 5.74) is 2.44. The summed E-state index contributed by atoms with van der Waals surface area (Å²) in [5, 5.41) is 3.01. The van der Waals surface area contributed by atoms with E-state index in [1.807, 2.05) is 12.1 Å². The lowest BCUT2D eigenvalue weighted by molar-refractivity contribution is -0.118. The van der Waals surface area contributed by atoms with E-state index in [0.29, 0.717) is 12.5 Å². The highest BCUT2D eigenvalue weighted by Gasteiger charge is 2.42. The minimum absolute atomic E-state index is 0.0737. The standard InChI is InChI=1S/C16H22N2O/c1-12(2)18-9-7-16(8-10-18)11-15(19)17-14-6-4-3-5-13(14)16/h3-6,12H,7-11H2,1-2H3,(H,17,19). The summed E-state index contributed by atoms with van der Waals surface area (Å²) in [6, 6.07) is 8.92. The molecule has 0 bridgehead atoms. The number of benzene rings is 1. The van der Waals surface area contributed by atoms with Crippen LogP contribution in [0.1, 0.15) is 38.7 Å². The van der Waals surface area contributed by atoms with Crippen LogP contribution in [0.25, 0.3) is 0 Å². The molecule has 3 heteroatoms. The molecule has 1 N–H and O–H groups in total. The fourth-order valence-corrected chi connectivity index (χ4v) is 3.57. The molecular formula is C16H22N2O. The summed E-state index contributed by atoms with van der Waals surface area (Å²) in [7, 11) is 0. The minimum Gasteiger partial charge on any atom is -0.326 e. The minimum atomic E-state index is 0.0737. The van der Waals surface area contributed by atoms with Crippen molar-refractivity contribution >= 4 is 11.6 Å². The summed E-state index contributed by atoms with van der Waals surface area (Å²) >= 11 is 0. The van der Waals surface area contributed by atoms with Gasteiger partial charge >= 0.3 is 0 Å². The predicted molar refractivity (Wildman–Crippen MR) is 77.3 cm³/mol. The molecule has 1 aromatic carbocycles. The monoisotopic (exact) mass is 258 g/mol. The maximum absolute atomic E-state index is 12.0. The maximum Gasteiger partial charge on any atom is 0.225 e. The van der Waals surface area contributed by atoms with Crippen molar-refractivity contribution in [3.05, 3.63) is 29.8 Å². The van der Waals surface area contributed by atoms with Crippen molar-refractivity contribution in [3.63, 3.8) is 0 Å². The van der Waals surface area contributed by atoms with Crippen molar-refractivity contribution in [1.29, 1.82) is 0 Å². The van der Waals surface area contributed by atoms with Gasteiger partial charge in [0.05, 0.1) is 0 Å². The number of likely N-dealkylation sites (tertiary alicyclic amines) is 1. The third-order valence-corrected chi connectivity index (χ3v) is 4.76. The molecule has 0 saturated carbocycles. The Morgan fingerprint density at radius 3 is 2.58 bits per heavy atom. The molecule has 1 aromatic rings. The number of para-hydroxylation sites is 1. The van der Waals surface area contributed by atoms with Crippen LogP contribution in [0.3, 0.4) is 0 Å². The second kappa shape index (κ2) is 4.64. The molecule has 2 aliphatic heterocycles. The third kappa shape index (κ3) is 2.16. The lowest BCUT2D eigenvalue weighted by atomic mass is 9.68. The smallest absolute Gasteiger partial charge is 0.225 e. The second-order valence-electron chi connectivity index (χ2n) is 6.18. The van der Waals surface area contributed by atoms with Gasteiger partial charge in [-0.25, -0.2) is 0 Å². The van der Waals surface area contributed by atoms with Crippen LogP contribution in [0.15, 0.2) is 24.3 Å². The second-order valence-corrected chi connectivity index (χ2v) is 6.18. The molecular weight excluding hydrogens is 236 g/mol.